The zero-order valence-corrected chi connectivity index (χ0v) is 15.7. The molecule has 0 unspecified atom stereocenters. The van der Waals surface area contributed by atoms with Gasteiger partial charge in [-0.05, 0) is 19.4 Å². The summed E-state index contributed by atoms with van der Waals surface area (Å²) in [6.45, 7) is 9.95. The molecular weight excluding hydrogens is 340 g/mol. The van der Waals surface area contributed by atoms with Gasteiger partial charge in [-0.3, -0.25) is 4.90 Å². The highest BCUT2D eigenvalue weighted by Crippen LogP contribution is 2.33. The summed E-state index contributed by atoms with van der Waals surface area (Å²) in [6, 6.07) is 0. The average Bonchev–Trinajstić information content (AvgIpc) is 2.90. The minimum atomic E-state index is 0.0459. The molecule has 0 spiro atoms. The zero-order valence-electron chi connectivity index (χ0n) is 14.9. The van der Waals surface area contributed by atoms with E-state index in [0.717, 1.165) is 54.7 Å². The first-order valence-corrected chi connectivity index (χ1v) is 9.50. The lowest BCUT2D eigenvalue weighted by Gasteiger charge is -2.25. The highest BCUT2D eigenvalue weighted by atomic mass is 32.1. The van der Waals surface area contributed by atoms with Crippen molar-refractivity contribution in [3.05, 3.63) is 16.3 Å². The second-order valence-corrected chi connectivity index (χ2v) is 7.31. The van der Waals surface area contributed by atoms with Crippen molar-refractivity contribution in [2.45, 2.75) is 20.4 Å². The second-order valence-electron chi connectivity index (χ2n) is 6.10. The number of nitrogens with zero attached hydrogens (tertiary/aromatic N) is 3. The van der Waals surface area contributed by atoms with Gasteiger partial charge in [-0.15, -0.1) is 11.3 Å². The van der Waals surface area contributed by atoms with Crippen molar-refractivity contribution in [3.63, 3.8) is 0 Å². The topological polar surface area (TPSA) is 79.7 Å². The number of hydrogen-bond acceptors (Lipinski definition) is 8. The number of hydrogen-bond donors (Lipinski definition) is 2. The fraction of sp³-hybridized carbons (Fsp3) is 0.647. The first-order chi connectivity index (χ1) is 12.2. The maximum Gasteiger partial charge on any atom is 0.146 e. The van der Waals surface area contributed by atoms with Crippen molar-refractivity contribution < 1.29 is 14.6 Å². The molecular formula is C17H26N4O3S. The van der Waals surface area contributed by atoms with Gasteiger partial charge in [-0.1, -0.05) is 0 Å². The predicted octanol–water partition coefficient (Wildman–Crippen LogP) is 1.56. The minimum Gasteiger partial charge on any atom is -0.394 e. The third-order valence-electron chi connectivity index (χ3n) is 4.32. The molecule has 2 aromatic rings. The highest BCUT2D eigenvalue weighted by molar-refractivity contribution is 7.18. The number of nitrogens with one attached hydrogen (secondary N) is 1. The van der Waals surface area contributed by atoms with Gasteiger partial charge in [0.1, 0.15) is 16.5 Å². The Kier molecular flexibility index (Phi) is 6.55. The van der Waals surface area contributed by atoms with Gasteiger partial charge in [0, 0.05) is 24.5 Å². The average molecular weight is 366 g/mol. The Morgan fingerprint density at radius 2 is 2.04 bits per heavy atom. The summed E-state index contributed by atoms with van der Waals surface area (Å²) < 4.78 is 10.7. The number of aromatic nitrogens is 2. The summed E-state index contributed by atoms with van der Waals surface area (Å²) in [4.78, 5) is 14.2. The molecule has 0 amide bonds. The molecule has 2 N–H and O–H groups in total. The number of anilines is 1. The Hall–Kier alpha value is -1.32. The summed E-state index contributed by atoms with van der Waals surface area (Å²) in [5.74, 6) is 1.72. The lowest BCUT2D eigenvalue weighted by Crippen LogP contribution is -2.36. The number of aryl methyl sites for hydroxylation is 2. The molecule has 3 heterocycles. The predicted molar refractivity (Wildman–Crippen MR) is 99.4 cm³/mol. The molecule has 25 heavy (non-hydrogen) atoms. The fourth-order valence-corrected chi connectivity index (χ4v) is 3.91. The van der Waals surface area contributed by atoms with Crippen LogP contribution in [0.5, 0.6) is 0 Å². The Bertz CT molecular complexity index is 701. The third-order valence-corrected chi connectivity index (χ3v) is 5.42. The maximum atomic E-state index is 8.78. The molecule has 0 atom stereocenters. The van der Waals surface area contributed by atoms with Crippen LogP contribution in [0.15, 0.2) is 0 Å². The fourth-order valence-electron chi connectivity index (χ4n) is 2.86. The van der Waals surface area contributed by atoms with Gasteiger partial charge in [-0.25, -0.2) is 9.97 Å². The second kappa shape index (κ2) is 8.86. The number of thiophene rings is 1. The molecule has 0 radical (unpaired) electrons. The van der Waals surface area contributed by atoms with E-state index in [1.807, 2.05) is 0 Å². The summed E-state index contributed by atoms with van der Waals surface area (Å²) >= 11 is 1.72. The maximum absolute atomic E-state index is 8.78. The molecule has 3 rings (SSSR count). The van der Waals surface area contributed by atoms with Gasteiger partial charge in [-0.2, -0.15) is 0 Å². The molecule has 0 bridgehead atoms. The molecule has 8 heteroatoms. The monoisotopic (exact) mass is 366 g/mol. The van der Waals surface area contributed by atoms with Crippen LogP contribution in [0, 0.1) is 13.8 Å². The van der Waals surface area contributed by atoms with Crippen LogP contribution in [0.1, 0.15) is 16.3 Å². The van der Waals surface area contributed by atoms with E-state index in [0.29, 0.717) is 19.8 Å². The highest BCUT2D eigenvalue weighted by Gasteiger charge is 2.17. The third kappa shape index (κ3) is 4.65. The summed E-state index contributed by atoms with van der Waals surface area (Å²) in [5.41, 5.74) is 1.23. The van der Waals surface area contributed by atoms with Crippen molar-refractivity contribution in [3.8, 4) is 0 Å². The van der Waals surface area contributed by atoms with E-state index in [2.05, 4.69) is 24.1 Å². The van der Waals surface area contributed by atoms with Gasteiger partial charge < -0.3 is 19.9 Å². The van der Waals surface area contributed by atoms with Crippen LogP contribution in [0.3, 0.4) is 0 Å². The van der Waals surface area contributed by atoms with Crippen LogP contribution < -0.4 is 5.32 Å². The number of aliphatic hydroxyl groups excluding tert-OH is 1. The van der Waals surface area contributed by atoms with Crippen molar-refractivity contribution in [1.29, 1.82) is 0 Å². The van der Waals surface area contributed by atoms with Crippen LogP contribution in [-0.4, -0.2) is 72.6 Å². The normalized spacial score (nSPS) is 15.8. The van der Waals surface area contributed by atoms with Crippen LogP contribution >= 0.6 is 11.3 Å². The number of morpholine rings is 1. The molecule has 0 aliphatic carbocycles. The van der Waals surface area contributed by atoms with Gasteiger partial charge in [0.2, 0.25) is 0 Å². The van der Waals surface area contributed by atoms with Gasteiger partial charge >= 0.3 is 0 Å². The van der Waals surface area contributed by atoms with Gasteiger partial charge in [0.25, 0.3) is 0 Å². The Labute approximate surface area is 152 Å². The lowest BCUT2D eigenvalue weighted by molar-refractivity contribution is 0.0331. The molecule has 138 valence electrons. The molecule has 1 aliphatic rings. The molecule has 0 aromatic carbocycles. The number of fused-ring (bicyclic) bond motifs is 1. The Morgan fingerprint density at radius 3 is 2.80 bits per heavy atom. The molecule has 1 saturated heterocycles. The SMILES string of the molecule is Cc1sc2nc(CN3CCOCC3)nc(NCCOCCO)c2c1C. The zero-order chi connectivity index (χ0) is 17.6. The van der Waals surface area contributed by atoms with E-state index in [9.17, 15) is 0 Å². The smallest absolute Gasteiger partial charge is 0.146 e. The summed E-state index contributed by atoms with van der Waals surface area (Å²) in [5, 5.41) is 13.3. The Morgan fingerprint density at radius 1 is 1.24 bits per heavy atom. The van der Waals surface area contributed by atoms with Crippen molar-refractivity contribution in [2.75, 3.05) is 58.0 Å². The molecule has 1 fully saturated rings. The van der Waals surface area contributed by atoms with Gasteiger partial charge in [0.15, 0.2) is 0 Å². The van der Waals surface area contributed by atoms with Crippen molar-refractivity contribution in [2.24, 2.45) is 0 Å². The Balaban J connectivity index is 1.78. The van der Waals surface area contributed by atoms with Crippen molar-refractivity contribution in [1.82, 2.24) is 14.9 Å². The van der Waals surface area contributed by atoms with Gasteiger partial charge in [0.05, 0.1) is 45.0 Å². The number of rotatable bonds is 8. The van der Waals surface area contributed by atoms with E-state index >= 15 is 0 Å². The first kappa shape index (κ1) is 18.5. The lowest BCUT2D eigenvalue weighted by atomic mass is 10.2. The molecule has 0 saturated carbocycles. The minimum absolute atomic E-state index is 0.0459. The van der Waals surface area contributed by atoms with E-state index < -0.39 is 0 Å². The van der Waals surface area contributed by atoms with E-state index in [1.54, 1.807) is 11.3 Å². The summed E-state index contributed by atoms with van der Waals surface area (Å²) in [7, 11) is 0. The molecule has 2 aromatic heterocycles. The van der Waals surface area contributed by atoms with E-state index in [4.69, 9.17) is 24.5 Å². The summed E-state index contributed by atoms with van der Waals surface area (Å²) in [6.07, 6.45) is 0. The molecule has 1 aliphatic heterocycles. The quantitative estimate of drug-likeness (QED) is 0.686. The number of aliphatic hydroxyl groups is 1. The van der Waals surface area contributed by atoms with Crippen LogP contribution in [0.4, 0.5) is 5.82 Å². The molecule has 7 nitrogen and oxygen atoms in total. The first-order valence-electron chi connectivity index (χ1n) is 8.68. The van der Waals surface area contributed by atoms with Crippen LogP contribution in [-0.2, 0) is 16.0 Å². The largest absolute Gasteiger partial charge is 0.394 e. The van der Waals surface area contributed by atoms with Crippen LogP contribution in [0.2, 0.25) is 0 Å². The van der Waals surface area contributed by atoms with Crippen LogP contribution in [0.25, 0.3) is 10.2 Å². The standard InChI is InChI=1S/C17H26N4O3S/c1-12-13(2)25-17-15(12)16(18-3-7-23-10-6-22)19-14(20-17)11-21-4-8-24-9-5-21/h22H,3-11H2,1-2H3,(H,18,19,20). The number of ether oxygens (including phenoxy) is 2. The van der Waals surface area contributed by atoms with E-state index in [1.165, 1.54) is 10.4 Å². The van der Waals surface area contributed by atoms with E-state index in [-0.39, 0.29) is 6.61 Å². The van der Waals surface area contributed by atoms with Crippen molar-refractivity contribution >= 4 is 27.4 Å².